The first kappa shape index (κ1) is 10.4. The lowest BCUT2D eigenvalue weighted by molar-refractivity contribution is 0.0966. The van der Waals surface area contributed by atoms with Crippen LogP contribution < -0.4 is 5.32 Å². The molecule has 1 atom stereocenters. The van der Waals surface area contributed by atoms with E-state index in [1.54, 1.807) is 0 Å². The van der Waals surface area contributed by atoms with Crippen molar-refractivity contribution >= 4 is 0 Å². The van der Waals surface area contributed by atoms with Gasteiger partial charge in [0.1, 0.15) is 0 Å². The molecule has 1 aliphatic carbocycles. The molecule has 2 rings (SSSR count). The minimum absolute atomic E-state index is 0.592. The number of ether oxygens (including phenoxy) is 1. The molecular weight excluding hydrogens is 174 g/mol. The molecule has 1 saturated heterocycles. The van der Waals surface area contributed by atoms with Gasteiger partial charge in [-0.3, -0.25) is 0 Å². The van der Waals surface area contributed by atoms with Crippen molar-refractivity contribution in [2.24, 2.45) is 5.41 Å². The summed E-state index contributed by atoms with van der Waals surface area (Å²) in [7, 11) is 0. The second-order valence-electron chi connectivity index (χ2n) is 4.95. The van der Waals surface area contributed by atoms with Crippen LogP contribution in [0.4, 0.5) is 0 Å². The Labute approximate surface area is 87.4 Å². The Kier molecular flexibility index (Phi) is 3.45. The van der Waals surface area contributed by atoms with Gasteiger partial charge < -0.3 is 10.1 Å². The van der Waals surface area contributed by atoms with Gasteiger partial charge in [-0.1, -0.05) is 6.92 Å². The molecule has 0 amide bonds. The summed E-state index contributed by atoms with van der Waals surface area (Å²) in [5, 5.41) is 3.49. The molecule has 1 unspecified atom stereocenters. The van der Waals surface area contributed by atoms with Crippen LogP contribution in [0.25, 0.3) is 0 Å². The molecule has 1 N–H and O–H groups in total. The summed E-state index contributed by atoms with van der Waals surface area (Å²) in [6, 6.07) is 0. The predicted molar refractivity (Wildman–Crippen MR) is 58.4 cm³/mol. The fraction of sp³-hybridized carbons (Fsp3) is 1.00. The molecule has 0 radical (unpaired) electrons. The predicted octanol–water partition coefficient (Wildman–Crippen LogP) is 2.34. The third-order valence-electron chi connectivity index (χ3n) is 3.73. The van der Waals surface area contributed by atoms with E-state index < -0.39 is 0 Å². The summed E-state index contributed by atoms with van der Waals surface area (Å²) < 4.78 is 5.66. The molecule has 1 saturated carbocycles. The Hall–Kier alpha value is -0.0800. The third-order valence-corrected chi connectivity index (χ3v) is 3.73. The minimum Gasteiger partial charge on any atom is -0.378 e. The second-order valence-corrected chi connectivity index (χ2v) is 4.95. The maximum atomic E-state index is 5.66. The summed E-state index contributed by atoms with van der Waals surface area (Å²) in [5.74, 6) is 0. The maximum absolute atomic E-state index is 5.66. The molecule has 0 aromatic carbocycles. The highest BCUT2D eigenvalue weighted by Crippen LogP contribution is 2.49. The summed E-state index contributed by atoms with van der Waals surface area (Å²) in [6.45, 7) is 5.54. The van der Waals surface area contributed by atoms with E-state index in [2.05, 4.69) is 12.2 Å². The zero-order chi connectivity index (χ0) is 9.86. The Balaban J connectivity index is 1.63. The van der Waals surface area contributed by atoms with E-state index >= 15 is 0 Å². The Morgan fingerprint density at radius 1 is 1.43 bits per heavy atom. The fourth-order valence-corrected chi connectivity index (χ4v) is 2.42. The minimum atomic E-state index is 0.592. The van der Waals surface area contributed by atoms with E-state index in [-0.39, 0.29) is 0 Å². The average Bonchev–Trinajstić information content (AvgIpc) is 2.77. The fourth-order valence-electron chi connectivity index (χ4n) is 2.42. The van der Waals surface area contributed by atoms with Crippen molar-refractivity contribution in [2.75, 3.05) is 19.7 Å². The van der Waals surface area contributed by atoms with Crippen LogP contribution in [0.5, 0.6) is 0 Å². The summed E-state index contributed by atoms with van der Waals surface area (Å²) in [4.78, 5) is 0. The van der Waals surface area contributed by atoms with Crippen molar-refractivity contribution in [3.05, 3.63) is 0 Å². The van der Waals surface area contributed by atoms with Crippen LogP contribution in [0.3, 0.4) is 0 Å². The van der Waals surface area contributed by atoms with Crippen molar-refractivity contribution in [1.29, 1.82) is 0 Å². The van der Waals surface area contributed by atoms with Gasteiger partial charge in [-0.25, -0.2) is 0 Å². The van der Waals surface area contributed by atoms with Gasteiger partial charge in [-0.05, 0) is 50.5 Å². The number of hydrogen-bond acceptors (Lipinski definition) is 2. The lowest BCUT2D eigenvalue weighted by atomic mass is 9.97. The largest absolute Gasteiger partial charge is 0.378 e. The standard InChI is InChI=1S/C12H23NO/c1-2-13-10-12(7-8-12)6-5-11-4-3-9-14-11/h11,13H,2-10H2,1H3. The molecule has 82 valence electrons. The van der Waals surface area contributed by atoms with Gasteiger partial charge >= 0.3 is 0 Å². The highest BCUT2D eigenvalue weighted by Gasteiger charge is 2.41. The van der Waals surface area contributed by atoms with Gasteiger partial charge in [0.05, 0.1) is 6.10 Å². The van der Waals surface area contributed by atoms with Crippen molar-refractivity contribution in [2.45, 2.75) is 51.6 Å². The molecular formula is C12H23NO. The molecule has 0 aromatic heterocycles. The first-order valence-electron chi connectivity index (χ1n) is 6.17. The van der Waals surface area contributed by atoms with Crippen LogP contribution in [0.1, 0.15) is 45.4 Å². The zero-order valence-electron chi connectivity index (χ0n) is 9.35. The molecule has 0 spiro atoms. The van der Waals surface area contributed by atoms with Crippen LogP contribution in [0, 0.1) is 5.41 Å². The molecule has 0 bridgehead atoms. The van der Waals surface area contributed by atoms with Crippen molar-refractivity contribution in [3.63, 3.8) is 0 Å². The lowest BCUT2D eigenvalue weighted by Gasteiger charge is -2.17. The summed E-state index contributed by atoms with van der Waals surface area (Å²) in [6.07, 6.45) is 8.73. The van der Waals surface area contributed by atoms with Crippen LogP contribution in [0.15, 0.2) is 0 Å². The lowest BCUT2D eigenvalue weighted by Crippen LogP contribution is -2.24. The van der Waals surface area contributed by atoms with Gasteiger partial charge in [0, 0.05) is 13.2 Å². The van der Waals surface area contributed by atoms with Crippen molar-refractivity contribution < 1.29 is 4.74 Å². The third kappa shape index (κ3) is 2.71. The molecule has 0 aromatic rings. The van der Waals surface area contributed by atoms with Gasteiger partial charge in [-0.15, -0.1) is 0 Å². The molecule has 2 heteroatoms. The molecule has 1 heterocycles. The normalized spacial score (nSPS) is 29.4. The smallest absolute Gasteiger partial charge is 0.0576 e. The molecule has 1 aliphatic heterocycles. The van der Waals surface area contributed by atoms with E-state index in [0.29, 0.717) is 11.5 Å². The van der Waals surface area contributed by atoms with Crippen molar-refractivity contribution in [3.8, 4) is 0 Å². The highest BCUT2D eigenvalue weighted by atomic mass is 16.5. The Bertz CT molecular complexity index is 171. The molecule has 2 nitrogen and oxygen atoms in total. The molecule has 14 heavy (non-hydrogen) atoms. The number of hydrogen-bond donors (Lipinski definition) is 1. The molecule has 2 aliphatic rings. The van der Waals surface area contributed by atoms with E-state index in [4.69, 9.17) is 4.74 Å². The average molecular weight is 197 g/mol. The van der Waals surface area contributed by atoms with E-state index in [1.165, 1.54) is 45.1 Å². The topological polar surface area (TPSA) is 21.3 Å². The van der Waals surface area contributed by atoms with Gasteiger partial charge in [0.25, 0.3) is 0 Å². The number of nitrogens with one attached hydrogen (secondary N) is 1. The zero-order valence-corrected chi connectivity index (χ0v) is 9.35. The van der Waals surface area contributed by atoms with Crippen LogP contribution in [0.2, 0.25) is 0 Å². The van der Waals surface area contributed by atoms with Crippen LogP contribution in [-0.4, -0.2) is 25.8 Å². The Morgan fingerprint density at radius 2 is 2.29 bits per heavy atom. The van der Waals surface area contributed by atoms with E-state index in [0.717, 1.165) is 13.2 Å². The second kappa shape index (κ2) is 4.63. The highest BCUT2D eigenvalue weighted by molar-refractivity contribution is 4.95. The SMILES string of the molecule is CCNCC1(CCC2CCCO2)CC1. The van der Waals surface area contributed by atoms with E-state index in [9.17, 15) is 0 Å². The monoisotopic (exact) mass is 197 g/mol. The Morgan fingerprint density at radius 3 is 2.86 bits per heavy atom. The number of rotatable bonds is 6. The van der Waals surface area contributed by atoms with Gasteiger partial charge in [-0.2, -0.15) is 0 Å². The summed E-state index contributed by atoms with van der Waals surface area (Å²) in [5.41, 5.74) is 0.669. The molecule has 2 fully saturated rings. The van der Waals surface area contributed by atoms with Gasteiger partial charge in [0.2, 0.25) is 0 Å². The van der Waals surface area contributed by atoms with Crippen molar-refractivity contribution in [1.82, 2.24) is 5.32 Å². The summed E-state index contributed by atoms with van der Waals surface area (Å²) >= 11 is 0. The van der Waals surface area contributed by atoms with Gasteiger partial charge in [0.15, 0.2) is 0 Å². The first-order chi connectivity index (χ1) is 6.85. The van der Waals surface area contributed by atoms with E-state index in [1.807, 2.05) is 0 Å². The first-order valence-corrected chi connectivity index (χ1v) is 6.17. The van der Waals surface area contributed by atoms with Crippen LogP contribution >= 0.6 is 0 Å². The maximum Gasteiger partial charge on any atom is 0.0576 e. The quantitative estimate of drug-likeness (QED) is 0.705. The van der Waals surface area contributed by atoms with Crippen LogP contribution in [-0.2, 0) is 4.74 Å².